The number of hydrogen-bond donors (Lipinski definition) is 4. The van der Waals surface area contributed by atoms with E-state index in [2.05, 4.69) is 20.5 Å². The Balaban J connectivity index is 2.25. The van der Waals surface area contributed by atoms with Crippen LogP contribution in [0.15, 0.2) is 40.6 Å². The summed E-state index contributed by atoms with van der Waals surface area (Å²) in [5.74, 6) is -2.96. The van der Waals surface area contributed by atoms with Gasteiger partial charge in [-0.25, -0.2) is 9.19 Å². The number of benzene rings is 1. The molecule has 2 rings (SSSR count). The van der Waals surface area contributed by atoms with Crippen molar-refractivity contribution in [1.29, 1.82) is 0 Å². The first-order chi connectivity index (χ1) is 14.2. The number of nitro groups is 1. The molecule has 0 bridgehead atoms. The lowest BCUT2D eigenvalue weighted by Crippen LogP contribution is -2.14. The number of amides is 1. The minimum absolute atomic E-state index is 0.0595. The van der Waals surface area contributed by atoms with Crippen LogP contribution < -0.4 is 5.32 Å². The highest BCUT2D eigenvalue weighted by atomic mass is 32.2. The first-order valence-electron chi connectivity index (χ1n) is 8.14. The molecule has 1 aromatic heterocycles. The van der Waals surface area contributed by atoms with Gasteiger partial charge in [-0.1, -0.05) is 0 Å². The number of carboxylic acid groups (broad SMARTS) is 1. The zero-order valence-corrected chi connectivity index (χ0v) is 15.9. The summed E-state index contributed by atoms with van der Waals surface area (Å²) in [4.78, 5) is 36.3. The minimum atomic E-state index is -2.28. The predicted octanol–water partition coefficient (Wildman–Crippen LogP) is 2.64. The molecule has 0 fully saturated rings. The average Bonchev–Trinajstić information content (AvgIpc) is 2.67. The molecule has 0 aliphatic carbocycles. The van der Waals surface area contributed by atoms with Gasteiger partial charge in [0, 0.05) is 24.1 Å². The highest BCUT2D eigenvalue weighted by Crippen LogP contribution is 2.29. The molecule has 30 heavy (non-hydrogen) atoms. The van der Waals surface area contributed by atoms with Gasteiger partial charge in [0.05, 0.1) is 22.8 Å². The molecule has 0 saturated heterocycles. The summed E-state index contributed by atoms with van der Waals surface area (Å²) >= 11 is -2.28. The number of aromatic hydroxyl groups is 1. The van der Waals surface area contributed by atoms with E-state index < -0.39 is 40.1 Å². The molecule has 0 aliphatic rings. The topological polar surface area (TPSA) is 205 Å². The molecule has 0 spiro atoms. The maximum absolute atomic E-state index is 11.7. The Kier molecular flexibility index (Phi) is 7.60. The van der Waals surface area contributed by atoms with Gasteiger partial charge >= 0.3 is 5.97 Å². The third kappa shape index (κ3) is 6.68. The molecule has 0 radical (unpaired) electrons. The van der Waals surface area contributed by atoms with Crippen molar-refractivity contribution in [3.63, 3.8) is 0 Å². The molecule has 1 unspecified atom stereocenters. The van der Waals surface area contributed by atoms with Crippen LogP contribution in [0, 0.1) is 10.1 Å². The van der Waals surface area contributed by atoms with Gasteiger partial charge in [-0.3, -0.25) is 19.7 Å². The van der Waals surface area contributed by atoms with Crippen LogP contribution in [-0.4, -0.2) is 40.8 Å². The number of rotatable bonds is 9. The summed E-state index contributed by atoms with van der Waals surface area (Å²) < 4.78 is 20.2. The van der Waals surface area contributed by atoms with Gasteiger partial charge in [0.15, 0.2) is 28.5 Å². The Hall–Kier alpha value is -3.78. The van der Waals surface area contributed by atoms with E-state index in [1.807, 2.05) is 0 Å². The summed E-state index contributed by atoms with van der Waals surface area (Å²) in [5.41, 5.74) is -0.0943. The van der Waals surface area contributed by atoms with Crippen LogP contribution in [0.4, 0.5) is 23.0 Å². The zero-order valence-electron chi connectivity index (χ0n) is 15.1. The van der Waals surface area contributed by atoms with Crippen LogP contribution in [0.5, 0.6) is 5.75 Å². The molecule has 13 nitrogen and oxygen atoms in total. The molecular formula is C16H15N5O8S. The van der Waals surface area contributed by atoms with Crippen molar-refractivity contribution in [2.24, 2.45) is 10.2 Å². The van der Waals surface area contributed by atoms with E-state index in [9.17, 15) is 29.0 Å². The van der Waals surface area contributed by atoms with Crippen LogP contribution in [0.3, 0.4) is 0 Å². The van der Waals surface area contributed by atoms with Gasteiger partial charge in [0.1, 0.15) is 0 Å². The molecule has 1 heterocycles. The van der Waals surface area contributed by atoms with E-state index in [0.717, 1.165) is 12.1 Å². The smallest absolute Gasteiger partial charge is 0.303 e. The normalized spacial score (nSPS) is 11.9. The lowest BCUT2D eigenvalue weighted by molar-refractivity contribution is -0.384. The lowest BCUT2D eigenvalue weighted by atomic mass is 10.2. The summed E-state index contributed by atoms with van der Waals surface area (Å²) in [5, 5.41) is 39.2. The Morgan fingerprint density at radius 2 is 1.93 bits per heavy atom. The van der Waals surface area contributed by atoms with E-state index in [4.69, 9.17) is 9.66 Å². The highest BCUT2D eigenvalue weighted by Gasteiger charge is 2.14. The maximum Gasteiger partial charge on any atom is 0.303 e. The number of non-ortho nitro benzene ring substituents is 1. The van der Waals surface area contributed by atoms with E-state index >= 15 is 0 Å². The molecule has 2 aromatic rings. The second-order valence-corrected chi connectivity index (χ2v) is 6.65. The molecule has 0 aliphatic heterocycles. The monoisotopic (exact) mass is 437 g/mol. The predicted molar refractivity (Wildman–Crippen MR) is 103 cm³/mol. The van der Waals surface area contributed by atoms with Crippen LogP contribution >= 0.6 is 0 Å². The Labute approximate surface area is 170 Å². The number of nitrogens with one attached hydrogen (secondary N) is 1. The van der Waals surface area contributed by atoms with E-state index in [-0.39, 0.29) is 40.7 Å². The molecule has 0 saturated carbocycles. The fourth-order valence-electron chi connectivity index (χ4n) is 2.14. The molecule has 4 N–H and O–H groups in total. The largest absolute Gasteiger partial charge is 0.504 e. The van der Waals surface area contributed by atoms with Crippen molar-refractivity contribution in [2.45, 2.75) is 18.6 Å². The zero-order chi connectivity index (χ0) is 22.3. The number of hydrogen-bond acceptors (Lipinski definition) is 9. The van der Waals surface area contributed by atoms with Crippen molar-refractivity contribution >= 4 is 46.0 Å². The second kappa shape index (κ2) is 10.1. The number of pyridine rings is 1. The Bertz CT molecular complexity index is 1040. The fourth-order valence-corrected chi connectivity index (χ4v) is 2.64. The standard InChI is InChI=1S/C16H15N5O8S/c22-12-3-4-13(17-16(12)18-14(23)5-6-15(24)25)20-19-11-2-1-10(21(26)27)7-9(11)8-30(28)29/h1-4,7,22H,5-6,8H2,(H,24,25)(H,28,29)(H,17,18,23). The van der Waals surface area contributed by atoms with Gasteiger partial charge in [0.2, 0.25) is 5.91 Å². The molecule has 14 heteroatoms. The molecular weight excluding hydrogens is 422 g/mol. The number of aromatic nitrogens is 1. The number of nitrogens with zero attached hydrogens (tertiary/aromatic N) is 4. The summed E-state index contributed by atoms with van der Waals surface area (Å²) in [6.45, 7) is 0. The second-order valence-electron chi connectivity index (χ2n) is 5.72. The third-order valence-corrected chi connectivity index (χ3v) is 4.05. The molecule has 1 aromatic carbocycles. The number of carbonyl (C=O) groups excluding carboxylic acids is 1. The quantitative estimate of drug-likeness (QED) is 0.196. The van der Waals surface area contributed by atoms with E-state index in [0.29, 0.717) is 0 Å². The van der Waals surface area contributed by atoms with Crippen LogP contribution in [0.25, 0.3) is 0 Å². The van der Waals surface area contributed by atoms with E-state index in [1.165, 1.54) is 18.2 Å². The van der Waals surface area contributed by atoms with Gasteiger partial charge in [-0.15, -0.1) is 10.2 Å². The molecule has 158 valence electrons. The van der Waals surface area contributed by atoms with Crippen molar-refractivity contribution in [1.82, 2.24) is 4.98 Å². The van der Waals surface area contributed by atoms with Gasteiger partial charge in [-0.05, 0) is 18.2 Å². The Morgan fingerprint density at radius 3 is 2.57 bits per heavy atom. The number of carbonyl (C=O) groups is 2. The number of azo groups is 1. The van der Waals surface area contributed by atoms with Crippen LogP contribution in [0.2, 0.25) is 0 Å². The number of anilines is 1. The van der Waals surface area contributed by atoms with Crippen LogP contribution in [0.1, 0.15) is 18.4 Å². The highest BCUT2D eigenvalue weighted by molar-refractivity contribution is 7.78. The van der Waals surface area contributed by atoms with Crippen molar-refractivity contribution < 1.29 is 33.5 Å². The summed E-state index contributed by atoms with van der Waals surface area (Å²) in [7, 11) is 0. The summed E-state index contributed by atoms with van der Waals surface area (Å²) in [6.07, 6.45) is -0.728. The first kappa shape index (κ1) is 22.5. The molecule has 1 atom stereocenters. The van der Waals surface area contributed by atoms with Gasteiger partial charge in [0.25, 0.3) is 5.69 Å². The van der Waals surface area contributed by atoms with Crippen LogP contribution in [-0.2, 0) is 26.4 Å². The van der Waals surface area contributed by atoms with Crippen molar-refractivity contribution in [2.75, 3.05) is 5.32 Å². The maximum atomic E-state index is 11.7. The van der Waals surface area contributed by atoms with Crippen molar-refractivity contribution in [3.8, 4) is 5.75 Å². The minimum Gasteiger partial charge on any atom is -0.504 e. The van der Waals surface area contributed by atoms with Gasteiger partial charge < -0.3 is 20.1 Å². The number of carboxylic acids is 1. The number of nitro benzene ring substituents is 1. The van der Waals surface area contributed by atoms with E-state index in [1.54, 1.807) is 0 Å². The average molecular weight is 437 g/mol. The summed E-state index contributed by atoms with van der Waals surface area (Å²) in [6, 6.07) is 5.94. The Morgan fingerprint density at radius 1 is 1.20 bits per heavy atom. The lowest BCUT2D eigenvalue weighted by Gasteiger charge is -2.06. The molecule has 1 amide bonds. The first-order valence-corrected chi connectivity index (χ1v) is 9.41. The fraction of sp³-hybridized carbons (Fsp3) is 0.188. The SMILES string of the molecule is O=C(O)CCC(=O)Nc1nc(N=Nc2ccc([N+](=O)[O-])cc2CS(=O)O)ccc1O. The third-order valence-electron chi connectivity index (χ3n) is 3.50. The van der Waals surface area contributed by atoms with Crippen molar-refractivity contribution in [3.05, 3.63) is 46.0 Å². The number of aliphatic carboxylic acids is 1. The van der Waals surface area contributed by atoms with Gasteiger partial charge in [-0.2, -0.15) is 0 Å².